The molecule has 21 heavy (non-hydrogen) atoms. The maximum atomic E-state index is 11.8. The second-order valence-electron chi connectivity index (χ2n) is 5.10. The van der Waals surface area contributed by atoms with Crippen LogP contribution in [0.5, 0.6) is 0 Å². The van der Waals surface area contributed by atoms with E-state index in [0.717, 1.165) is 25.2 Å². The number of hydrogen-bond acceptors (Lipinski definition) is 3. The fraction of sp³-hybridized carbons (Fsp3) is 0.333. The monoisotopic (exact) mass is 306 g/mol. The summed E-state index contributed by atoms with van der Waals surface area (Å²) in [6.45, 7) is 2.93. The first-order valence-electron chi connectivity index (χ1n) is 6.85. The van der Waals surface area contributed by atoms with E-state index >= 15 is 0 Å². The zero-order valence-electron chi connectivity index (χ0n) is 11.7. The Labute approximate surface area is 130 Å². The van der Waals surface area contributed by atoms with Crippen molar-refractivity contribution in [2.45, 2.75) is 13.1 Å². The van der Waals surface area contributed by atoms with Gasteiger partial charge in [-0.25, -0.2) is 0 Å². The highest BCUT2D eigenvalue weighted by Crippen LogP contribution is 2.08. The van der Waals surface area contributed by atoms with E-state index in [2.05, 4.69) is 27.9 Å². The van der Waals surface area contributed by atoms with E-state index in [1.54, 1.807) is 6.20 Å². The molecule has 1 aromatic heterocycles. The molecule has 2 aromatic rings. The molecule has 0 saturated carbocycles. The zero-order valence-corrected chi connectivity index (χ0v) is 12.5. The van der Waals surface area contributed by atoms with E-state index in [-0.39, 0.29) is 24.2 Å². The van der Waals surface area contributed by atoms with Gasteiger partial charge in [0, 0.05) is 32.0 Å². The van der Waals surface area contributed by atoms with Crippen LogP contribution >= 0.6 is 12.4 Å². The van der Waals surface area contributed by atoms with Gasteiger partial charge >= 0.3 is 0 Å². The molecule has 5 nitrogen and oxygen atoms in total. The summed E-state index contributed by atoms with van der Waals surface area (Å²) in [7, 11) is 0. The van der Waals surface area contributed by atoms with Gasteiger partial charge in [0.2, 0.25) is 5.91 Å². The smallest absolute Gasteiger partial charge is 0.225 e. The van der Waals surface area contributed by atoms with Crippen LogP contribution in [-0.2, 0) is 17.9 Å². The Morgan fingerprint density at radius 2 is 2.14 bits per heavy atom. The van der Waals surface area contributed by atoms with Gasteiger partial charge in [-0.1, -0.05) is 24.3 Å². The minimum absolute atomic E-state index is 0. The summed E-state index contributed by atoms with van der Waals surface area (Å²) < 4.78 is 1.89. The van der Waals surface area contributed by atoms with Crippen molar-refractivity contribution in [1.29, 1.82) is 0 Å². The molecule has 1 aliphatic heterocycles. The number of carbonyl (C=O) groups excluding carboxylic acids is 1. The van der Waals surface area contributed by atoms with Crippen molar-refractivity contribution < 1.29 is 4.79 Å². The highest BCUT2D eigenvalue weighted by atomic mass is 35.5. The standard InChI is InChI=1S/C15H18N4O.ClH/c20-15(14-9-16-10-14)17-8-12-3-1-4-13(7-12)11-19-6-2-5-18-19;/h1-7,14,16H,8-11H2,(H,17,20);1H. The summed E-state index contributed by atoms with van der Waals surface area (Å²) >= 11 is 0. The van der Waals surface area contributed by atoms with Crippen molar-refractivity contribution in [3.63, 3.8) is 0 Å². The van der Waals surface area contributed by atoms with Gasteiger partial charge in [-0.15, -0.1) is 12.4 Å². The molecule has 112 valence electrons. The quantitative estimate of drug-likeness (QED) is 0.872. The van der Waals surface area contributed by atoms with Crippen molar-refractivity contribution >= 4 is 18.3 Å². The Bertz CT molecular complexity index is 581. The number of amides is 1. The maximum absolute atomic E-state index is 11.8. The molecule has 1 saturated heterocycles. The third kappa shape index (κ3) is 4.06. The van der Waals surface area contributed by atoms with Gasteiger partial charge in [-0.3, -0.25) is 9.48 Å². The van der Waals surface area contributed by atoms with Crippen LogP contribution in [0.25, 0.3) is 0 Å². The van der Waals surface area contributed by atoms with E-state index in [4.69, 9.17) is 0 Å². The third-order valence-corrected chi connectivity index (χ3v) is 3.51. The number of carbonyl (C=O) groups is 1. The maximum Gasteiger partial charge on any atom is 0.225 e. The Hall–Kier alpha value is -1.85. The molecule has 0 atom stereocenters. The Morgan fingerprint density at radius 3 is 2.81 bits per heavy atom. The zero-order chi connectivity index (χ0) is 13.8. The molecular formula is C15H19ClN4O. The first kappa shape index (κ1) is 15.5. The lowest BCUT2D eigenvalue weighted by atomic mass is 10.0. The molecule has 2 N–H and O–H groups in total. The fourth-order valence-corrected chi connectivity index (χ4v) is 2.23. The van der Waals surface area contributed by atoms with E-state index < -0.39 is 0 Å². The molecule has 0 radical (unpaired) electrons. The van der Waals surface area contributed by atoms with Crippen molar-refractivity contribution in [3.05, 3.63) is 53.9 Å². The summed E-state index contributed by atoms with van der Waals surface area (Å²) in [5.74, 6) is 0.281. The molecule has 0 aliphatic carbocycles. The molecule has 2 heterocycles. The van der Waals surface area contributed by atoms with Crippen LogP contribution < -0.4 is 10.6 Å². The minimum atomic E-state index is 0. The number of benzene rings is 1. The number of halogens is 1. The Kier molecular flexibility index (Phi) is 5.36. The topological polar surface area (TPSA) is 59.0 Å². The molecule has 1 aliphatic rings. The van der Waals surface area contributed by atoms with Crippen LogP contribution in [-0.4, -0.2) is 28.8 Å². The largest absolute Gasteiger partial charge is 0.352 e. The molecule has 1 aromatic carbocycles. The summed E-state index contributed by atoms with van der Waals surface area (Å²) in [4.78, 5) is 11.8. The van der Waals surface area contributed by atoms with Gasteiger partial charge in [0.1, 0.15) is 0 Å². The highest BCUT2D eigenvalue weighted by Gasteiger charge is 2.24. The van der Waals surface area contributed by atoms with Crippen LogP contribution in [0.3, 0.4) is 0 Å². The first-order chi connectivity index (χ1) is 9.81. The fourth-order valence-electron chi connectivity index (χ4n) is 2.23. The second kappa shape index (κ2) is 7.24. The predicted molar refractivity (Wildman–Crippen MR) is 83.2 cm³/mol. The van der Waals surface area contributed by atoms with Gasteiger partial charge < -0.3 is 10.6 Å². The Balaban J connectivity index is 0.00000161. The van der Waals surface area contributed by atoms with Crippen molar-refractivity contribution in [1.82, 2.24) is 20.4 Å². The van der Waals surface area contributed by atoms with Crippen LogP contribution in [0.4, 0.5) is 0 Å². The second-order valence-corrected chi connectivity index (χ2v) is 5.10. The summed E-state index contributed by atoms with van der Waals surface area (Å²) in [6, 6.07) is 10.2. The number of nitrogens with one attached hydrogen (secondary N) is 2. The highest BCUT2D eigenvalue weighted by molar-refractivity contribution is 5.85. The van der Waals surface area contributed by atoms with Crippen LogP contribution in [0.15, 0.2) is 42.7 Å². The number of rotatable bonds is 5. The van der Waals surface area contributed by atoms with E-state index in [1.165, 1.54) is 5.56 Å². The van der Waals surface area contributed by atoms with E-state index in [0.29, 0.717) is 6.54 Å². The van der Waals surface area contributed by atoms with Gasteiger partial charge in [0.15, 0.2) is 0 Å². The average Bonchev–Trinajstić information content (AvgIpc) is 2.88. The first-order valence-corrected chi connectivity index (χ1v) is 6.85. The molecule has 0 unspecified atom stereocenters. The molecular weight excluding hydrogens is 288 g/mol. The number of hydrogen-bond donors (Lipinski definition) is 2. The van der Waals surface area contributed by atoms with Gasteiger partial charge in [0.25, 0.3) is 0 Å². The van der Waals surface area contributed by atoms with Gasteiger partial charge in [-0.2, -0.15) is 5.10 Å². The summed E-state index contributed by atoms with van der Waals surface area (Å²) in [5.41, 5.74) is 2.31. The molecule has 1 fully saturated rings. The van der Waals surface area contributed by atoms with Crippen molar-refractivity contribution in [2.24, 2.45) is 5.92 Å². The molecule has 3 rings (SSSR count). The lowest BCUT2D eigenvalue weighted by Crippen LogP contribution is -2.50. The number of nitrogens with zero attached hydrogens (tertiary/aromatic N) is 2. The SMILES string of the molecule is Cl.O=C(NCc1cccc(Cn2cccn2)c1)C1CNC1. The summed E-state index contributed by atoms with van der Waals surface area (Å²) in [5, 5.41) is 10.3. The van der Waals surface area contributed by atoms with E-state index in [9.17, 15) is 4.79 Å². The normalized spacial score (nSPS) is 14.1. The molecule has 1 amide bonds. The van der Waals surface area contributed by atoms with Crippen LogP contribution in [0.2, 0.25) is 0 Å². The Morgan fingerprint density at radius 1 is 1.33 bits per heavy atom. The van der Waals surface area contributed by atoms with E-state index in [1.807, 2.05) is 29.1 Å². The average molecular weight is 307 g/mol. The van der Waals surface area contributed by atoms with Crippen LogP contribution in [0.1, 0.15) is 11.1 Å². The summed E-state index contributed by atoms with van der Waals surface area (Å²) in [6.07, 6.45) is 3.72. The van der Waals surface area contributed by atoms with Gasteiger partial charge in [-0.05, 0) is 17.2 Å². The molecule has 6 heteroatoms. The minimum Gasteiger partial charge on any atom is -0.352 e. The lowest BCUT2D eigenvalue weighted by Gasteiger charge is -2.25. The molecule has 0 bridgehead atoms. The third-order valence-electron chi connectivity index (χ3n) is 3.51. The molecule has 0 spiro atoms. The van der Waals surface area contributed by atoms with Crippen LogP contribution in [0, 0.1) is 5.92 Å². The van der Waals surface area contributed by atoms with Crippen molar-refractivity contribution in [3.8, 4) is 0 Å². The predicted octanol–water partition coefficient (Wildman–Crippen LogP) is 1.19. The lowest BCUT2D eigenvalue weighted by molar-refractivity contribution is -0.126. The van der Waals surface area contributed by atoms with Gasteiger partial charge in [0.05, 0.1) is 12.5 Å². The van der Waals surface area contributed by atoms with Crippen molar-refractivity contribution in [2.75, 3.05) is 13.1 Å². The number of aromatic nitrogens is 2.